The van der Waals surface area contributed by atoms with Crippen molar-refractivity contribution in [3.63, 3.8) is 0 Å². The van der Waals surface area contributed by atoms with Crippen molar-refractivity contribution < 1.29 is 14.3 Å². The van der Waals surface area contributed by atoms with Gasteiger partial charge < -0.3 is 4.74 Å². The summed E-state index contributed by atoms with van der Waals surface area (Å²) >= 11 is 0. The third-order valence-electron chi connectivity index (χ3n) is 6.87. The predicted octanol–water partition coefficient (Wildman–Crippen LogP) is 3.84. The molecule has 0 bridgehead atoms. The summed E-state index contributed by atoms with van der Waals surface area (Å²) in [7, 11) is 1.42. The van der Waals surface area contributed by atoms with Gasteiger partial charge in [-0.15, -0.1) is 6.42 Å². The van der Waals surface area contributed by atoms with Gasteiger partial charge in [-0.2, -0.15) is 0 Å². The van der Waals surface area contributed by atoms with E-state index in [9.17, 15) is 9.59 Å². The maximum absolute atomic E-state index is 12.5. The molecule has 0 aliphatic heterocycles. The number of ketones is 1. The summed E-state index contributed by atoms with van der Waals surface area (Å²) in [6, 6.07) is 0. The highest BCUT2D eigenvalue weighted by Crippen LogP contribution is 2.64. The van der Waals surface area contributed by atoms with Gasteiger partial charge >= 0.3 is 5.97 Å². The second kappa shape index (κ2) is 5.34. The van der Waals surface area contributed by atoms with Crippen molar-refractivity contribution in [1.29, 1.82) is 0 Å². The fourth-order valence-electron chi connectivity index (χ4n) is 5.53. The highest BCUT2D eigenvalue weighted by Gasteiger charge is 2.59. The first-order chi connectivity index (χ1) is 11.2. The summed E-state index contributed by atoms with van der Waals surface area (Å²) in [5.74, 6) is 2.96. The summed E-state index contributed by atoms with van der Waals surface area (Å²) in [6.07, 6.45) is 13.9. The number of hydrogen-bond acceptors (Lipinski definition) is 3. The predicted molar refractivity (Wildman–Crippen MR) is 92.9 cm³/mol. The highest BCUT2D eigenvalue weighted by atomic mass is 16.5. The number of allylic oxidation sites excluding steroid dienone is 3. The third-order valence-corrected chi connectivity index (χ3v) is 6.87. The Balaban J connectivity index is 2.04. The number of carbonyl (C=O) groups excluding carboxylic acids is 2. The van der Waals surface area contributed by atoms with Crippen molar-refractivity contribution in [3.05, 3.63) is 23.3 Å². The molecule has 0 saturated heterocycles. The van der Waals surface area contributed by atoms with Crippen LogP contribution in [0.3, 0.4) is 0 Å². The Morgan fingerprint density at radius 3 is 2.67 bits per heavy atom. The SMILES string of the molecule is C#C[C@]1(C)C(=O)CC[C@]2(C)C3=CCC(C(=O)OC)=CC3(C)CCC12. The van der Waals surface area contributed by atoms with Crippen LogP contribution in [0.25, 0.3) is 0 Å². The van der Waals surface area contributed by atoms with Crippen molar-refractivity contribution in [2.45, 2.75) is 52.9 Å². The van der Waals surface area contributed by atoms with Crippen LogP contribution in [0.4, 0.5) is 0 Å². The van der Waals surface area contributed by atoms with Crippen LogP contribution in [0.5, 0.6) is 0 Å². The van der Waals surface area contributed by atoms with Crippen LogP contribution < -0.4 is 0 Å². The standard InChI is InChI=1S/C21H26O3/c1-6-20(3)16-9-11-19(2)13-14(18(23)24-5)7-8-15(19)21(16,4)12-10-17(20)22/h1,8,13,16H,7,9-12H2,2-5H3/t16?,19?,20-,21+/m0/s1. The molecule has 2 unspecified atom stereocenters. The van der Waals surface area contributed by atoms with E-state index in [1.54, 1.807) is 0 Å². The minimum atomic E-state index is -0.679. The Hall–Kier alpha value is -1.82. The number of hydrogen-bond donors (Lipinski definition) is 0. The molecule has 0 radical (unpaired) electrons. The topological polar surface area (TPSA) is 43.4 Å². The maximum Gasteiger partial charge on any atom is 0.333 e. The smallest absolute Gasteiger partial charge is 0.333 e. The summed E-state index contributed by atoms with van der Waals surface area (Å²) in [6.45, 7) is 6.41. The molecule has 0 aromatic heterocycles. The molecule has 128 valence electrons. The molecule has 3 aliphatic carbocycles. The minimum Gasteiger partial charge on any atom is -0.466 e. The van der Waals surface area contributed by atoms with E-state index in [1.165, 1.54) is 12.7 Å². The lowest BCUT2D eigenvalue weighted by Gasteiger charge is -2.58. The lowest BCUT2D eigenvalue weighted by molar-refractivity contribution is -0.137. The third kappa shape index (κ3) is 2.12. The van der Waals surface area contributed by atoms with E-state index < -0.39 is 5.41 Å². The van der Waals surface area contributed by atoms with E-state index in [0.29, 0.717) is 12.8 Å². The van der Waals surface area contributed by atoms with Crippen molar-refractivity contribution in [1.82, 2.24) is 0 Å². The average molecular weight is 326 g/mol. The molecule has 3 heteroatoms. The van der Waals surface area contributed by atoms with E-state index in [4.69, 9.17) is 11.2 Å². The molecule has 4 atom stereocenters. The first-order valence-electron chi connectivity index (χ1n) is 8.73. The van der Waals surface area contributed by atoms with Gasteiger partial charge in [-0.05, 0) is 43.9 Å². The number of carbonyl (C=O) groups is 2. The first-order valence-corrected chi connectivity index (χ1v) is 8.73. The summed E-state index contributed by atoms with van der Waals surface area (Å²) in [4.78, 5) is 24.5. The van der Waals surface area contributed by atoms with Crippen molar-refractivity contribution >= 4 is 11.8 Å². The van der Waals surface area contributed by atoms with Crippen LogP contribution in [-0.4, -0.2) is 18.9 Å². The molecule has 3 aliphatic rings. The molecule has 0 spiro atoms. The minimum absolute atomic E-state index is 0.0832. The molecular formula is C21H26O3. The van der Waals surface area contributed by atoms with Crippen LogP contribution in [0, 0.1) is 34.5 Å². The van der Waals surface area contributed by atoms with Crippen LogP contribution >= 0.6 is 0 Å². The monoisotopic (exact) mass is 326 g/mol. The Morgan fingerprint density at radius 2 is 2.04 bits per heavy atom. The molecule has 3 nitrogen and oxygen atoms in total. The number of methoxy groups -OCH3 is 1. The quantitative estimate of drug-likeness (QED) is 0.418. The maximum atomic E-state index is 12.5. The summed E-state index contributed by atoms with van der Waals surface area (Å²) < 4.78 is 4.90. The van der Waals surface area contributed by atoms with Gasteiger partial charge in [-0.25, -0.2) is 4.79 Å². The fourth-order valence-corrected chi connectivity index (χ4v) is 5.53. The number of Topliss-reactive ketones (excluding diaryl/α,β-unsaturated/α-hetero) is 1. The van der Waals surface area contributed by atoms with Crippen LogP contribution in [0.15, 0.2) is 23.3 Å². The van der Waals surface area contributed by atoms with Gasteiger partial charge in [0.2, 0.25) is 0 Å². The fraction of sp³-hybridized carbons (Fsp3) is 0.619. The van der Waals surface area contributed by atoms with Crippen LogP contribution in [-0.2, 0) is 14.3 Å². The van der Waals surface area contributed by atoms with Crippen molar-refractivity contribution in [2.24, 2.45) is 22.2 Å². The van der Waals surface area contributed by atoms with E-state index in [0.717, 1.165) is 24.8 Å². The average Bonchev–Trinajstić information content (AvgIpc) is 2.56. The molecular weight excluding hydrogens is 300 g/mol. The zero-order valence-corrected chi connectivity index (χ0v) is 15.1. The second-order valence-corrected chi connectivity index (χ2v) is 8.18. The molecule has 2 saturated carbocycles. The number of fused-ring (bicyclic) bond motifs is 3. The molecule has 24 heavy (non-hydrogen) atoms. The van der Waals surface area contributed by atoms with Crippen molar-refractivity contribution in [3.8, 4) is 12.3 Å². The molecule has 0 aromatic carbocycles. The Labute approximate surface area is 144 Å². The van der Waals surface area contributed by atoms with Gasteiger partial charge in [0.25, 0.3) is 0 Å². The largest absolute Gasteiger partial charge is 0.466 e. The molecule has 0 aromatic rings. The van der Waals surface area contributed by atoms with Crippen LogP contribution in [0.1, 0.15) is 52.9 Å². The zero-order chi connectivity index (χ0) is 17.8. The molecule has 0 N–H and O–H groups in total. The Bertz CT molecular complexity index is 707. The van der Waals surface area contributed by atoms with Crippen molar-refractivity contribution in [2.75, 3.05) is 7.11 Å². The molecule has 3 rings (SSSR count). The number of terminal acetylenes is 1. The molecule has 2 fully saturated rings. The number of ether oxygens (including phenoxy) is 1. The molecule has 0 amide bonds. The van der Waals surface area contributed by atoms with E-state index in [2.05, 4.69) is 31.9 Å². The van der Waals surface area contributed by atoms with Gasteiger partial charge in [0.05, 0.1) is 12.5 Å². The summed E-state index contributed by atoms with van der Waals surface area (Å²) in [5.41, 5.74) is 1.18. The highest BCUT2D eigenvalue weighted by molar-refractivity contribution is 5.90. The number of rotatable bonds is 1. The zero-order valence-electron chi connectivity index (χ0n) is 15.1. The van der Waals surface area contributed by atoms with Gasteiger partial charge in [-0.1, -0.05) is 37.5 Å². The van der Waals surface area contributed by atoms with Crippen LogP contribution in [0.2, 0.25) is 0 Å². The van der Waals surface area contributed by atoms with E-state index in [1.807, 2.05) is 6.92 Å². The lowest BCUT2D eigenvalue weighted by Crippen LogP contribution is -2.54. The van der Waals surface area contributed by atoms with E-state index >= 15 is 0 Å². The molecule has 0 heterocycles. The second-order valence-electron chi connectivity index (χ2n) is 8.18. The summed E-state index contributed by atoms with van der Waals surface area (Å²) in [5, 5.41) is 0. The number of esters is 1. The Morgan fingerprint density at radius 1 is 1.33 bits per heavy atom. The normalized spacial score (nSPS) is 41.3. The lowest BCUT2D eigenvalue weighted by atomic mass is 9.44. The first kappa shape index (κ1) is 17.0. The van der Waals surface area contributed by atoms with Gasteiger partial charge in [0.1, 0.15) is 0 Å². The Kier molecular flexibility index (Phi) is 3.79. The van der Waals surface area contributed by atoms with Gasteiger partial charge in [0.15, 0.2) is 5.78 Å². The van der Waals surface area contributed by atoms with Gasteiger partial charge in [-0.3, -0.25) is 4.79 Å². The van der Waals surface area contributed by atoms with E-state index in [-0.39, 0.29) is 28.5 Å². The van der Waals surface area contributed by atoms with Gasteiger partial charge in [0, 0.05) is 17.4 Å².